The summed E-state index contributed by atoms with van der Waals surface area (Å²) >= 11 is 0. The fourth-order valence-corrected chi connectivity index (χ4v) is 5.78. The summed E-state index contributed by atoms with van der Waals surface area (Å²) in [4.78, 5) is 33.2. The van der Waals surface area contributed by atoms with Crippen molar-refractivity contribution in [1.29, 1.82) is 0 Å². The zero-order chi connectivity index (χ0) is 32.6. The van der Waals surface area contributed by atoms with Crippen molar-refractivity contribution in [2.24, 2.45) is 0 Å². The van der Waals surface area contributed by atoms with Gasteiger partial charge in [-0.1, -0.05) is 149 Å². The van der Waals surface area contributed by atoms with Gasteiger partial charge in [-0.3, -0.25) is 18.6 Å². The second kappa shape index (κ2) is 32.0. The molecule has 0 aliphatic carbocycles. The van der Waals surface area contributed by atoms with Gasteiger partial charge in [0.15, 0.2) is 0 Å². The molecule has 10 heteroatoms. The SMILES string of the molecule is CCCCCCCCCCCCCCCCCCCCCCC(=O)OCC(O)COP(=O)(O)OCCNC(=O)CCCCC. The summed E-state index contributed by atoms with van der Waals surface area (Å²) in [5.41, 5.74) is 0. The topological polar surface area (TPSA) is 131 Å². The molecule has 0 heterocycles. The van der Waals surface area contributed by atoms with Gasteiger partial charge in [-0.25, -0.2) is 4.57 Å². The lowest BCUT2D eigenvalue weighted by Crippen LogP contribution is -2.27. The number of ether oxygens (including phenoxy) is 1. The van der Waals surface area contributed by atoms with Crippen molar-refractivity contribution < 1.29 is 37.9 Å². The number of phosphoric acid groups is 1. The number of unbranched alkanes of at least 4 members (excludes halogenated alkanes) is 21. The highest BCUT2D eigenvalue weighted by Crippen LogP contribution is 2.42. The smallest absolute Gasteiger partial charge is 0.463 e. The molecule has 0 aromatic rings. The molecule has 2 unspecified atom stereocenters. The van der Waals surface area contributed by atoms with Crippen LogP contribution in [0.5, 0.6) is 0 Å². The highest BCUT2D eigenvalue weighted by atomic mass is 31.2. The third-order valence-electron chi connectivity index (χ3n) is 7.79. The first kappa shape index (κ1) is 43.0. The molecule has 0 radical (unpaired) electrons. The highest BCUT2D eigenvalue weighted by Gasteiger charge is 2.23. The van der Waals surface area contributed by atoms with E-state index in [1.165, 1.54) is 109 Å². The fraction of sp³-hybridized carbons (Fsp3) is 0.941. The molecule has 0 aliphatic rings. The number of aliphatic hydroxyl groups is 1. The molecule has 3 N–H and O–H groups in total. The lowest BCUT2D eigenvalue weighted by atomic mass is 10.0. The van der Waals surface area contributed by atoms with Crippen molar-refractivity contribution in [3.8, 4) is 0 Å². The number of aliphatic hydroxyl groups excluding tert-OH is 1. The van der Waals surface area contributed by atoms with Crippen LogP contribution in [0, 0.1) is 0 Å². The predicted octanol–water partition coefficient (Wildman–Crippen LogP) is 8.93. The van der Waals surface area contributed by atoms with Crippen molar-refractivity contribution in [2.45, 2.75) is 180 Å². The maximum absolute atomic E-state index is 11.9. The van der Waals surface area contributed by atoms with E-state index in [0.29, 0.717) is 6.42 Å². The van der Waals surface area contributed by atoms with E-state index in [1.807, 2.05) is 0 Å². The Morgan fingerprint density at radius 1 is 0.614 bits per heavy atom. The first-order chi connectivity index (χ1) is 21.3. The normalized spacial score (nSPS) is 13.5. The van der Waals surface area contributed by atoms with Crippen LogP contribution in [0.1, 0.15) is 174 Å². The van der Waals surface area contributed by atoms with Gasteiger partial charge in [0.05, 0.1) is 13.2 Å². The average Bonchev–Trinajstić information content (AvgIpc) is 3.00. The van der Waals surface area contributed by atoms with Crippen LogP contribution in [-0.2, 0) is 27.9 Å². The second-order valence-electron chi connectivity index (χ2n) is 12.2. The fourth-order valence-electron chi connectivity index (χ4n) is 5.03. The standard InChI is InChI=1S/C34H68NO8P/c1-3-5-7-8-9-10-11-12-13-14-15-16-17-18-19-20-21-22-23-25-27-34(38)41-30-32(36)31-43-44(39,40)42-29-28-35-33(37)26-24-6-4-2/h32,36H,3-31H2,1-2H3,(H,35,37)(H,39,40). The Morgan fingerprint density at radius 2 is 1.02 bits per heavy atom. The van der Waals surface area contributed by atoms with Crippen LogP contribution in [0.15, 0.2) is 0 Å². The molecule has 0 bridgehead atoms. The molecule has 0 spiro atoms. The van der Waals surface area contributed by atoms with Crippen LogP contribution >= 0.6 is 7.82 Å². The summed E-state index contributed by atoms with van der Waals surface area (Å²) in [5.74, 6) is -0.534. The first-order valence-corrected chi connectivity index (χ1v) is 19.5. The summed E-state index contributed by atoms with van der Waals surface area (Å²) in [6.07, 6.45) is 28.3. The summed E-state index contributed by atoms with van der Waals surface area (Å²) in [5, 5.41) is 12.5. The molecule has 2 atom stereocenters. The minimum absolute atomic E-state index is 0.0819. The third kappa shape index (κ3) is 32.4. The van der Waals surface area contributed by atoms with Gasteiger partial charge in [-0.05, 0) is 12.8 Å². The minimum atomic E-state index is -4.38. The Labute approximate surface area is 269 Å². The van der Waals surface area contributed by atoms with Crippen molar-refractivity contribution in [1.82, 2.24) is 5.32 Å². The molecular formula is C34H68NO8P. The van der Waals surface area contributed by atoms with Crippen LogP contribution in [0.3, 0.4) is 0 Å². The molecule has 0 aliphatic heterocycles. The zero-order valence-electron chi connectivity index (χ0n) is 28.4. The van der Waals surface area contributed by atoms with E-state index in [4.69, 9.17) is 13.8 Å². The monoisotopic (exact) mass is 649 g/mol. The van der Waals surface area contributed by atoms with Crippen LogP contribution in [0.25, 0.3) is 0 Å². The maximum atomic E-state index is 11.9. The average molecular weight is 650 g/mol. The van der Waals surface area contributed by atoms with Gasteiger partial charge in [0.25, 0.3) is 0 Å². The number of amides is 1. The number of phosphoric ester groups is 1. The van der Waals surface area contributed by atoms with E-state index in [0.717, 1.165) is 38.5 Å². The minimum Gasteiger partial charge on any atom is -0.463 e. The van der Waals surface area contributed by atoms with E-state index in [2.05, 4.69) is 19.2 Å². The highest BCUT2D eigenvalue weighted by molar-refractivity contribution is 7.47. The molecule has 0 aromatic carbocycles. The number of esters is 1. The van der Waals surface area contributed by atoms with E-state index in [9.17, 15) is 24.2 Å². The molecule has 0 saturated heterocycles. The Morgan fingerprint density at radius 3 is 1.50 bits per heavy atom. The van der Waals surface area contributed by atoms with Crippen molar-refractivity contribution in [3.05, 3.63) is 0 Å². The molecule has 44 heavy (non-hydrogen) atoms. The lowest BCUT2D eigenvalue weighted by Gasteiger charge is -2.15. The Balaban J connectivity index is 3.49. The van der Waals surface area contributed by atoms with Gasteiger partial charge in [-0.2, -0.15) is 0 Å². The second-order valence-corrected chi connectivity index (χ2v) is 13.7. The van der Waals surface area contributed by atoms with Crippen LogP contribution in [0.2, 0.25) is 0 Å². The van der Waals surface area contributed by atoms with Crippen molar-refractivity contribution >= 4 is 19.7 Å². The molecular weight excluding hydrogens is 581 g/mol. The zero-order valence-corrected chi connectivity index (χ0v) is 29.3. The predicted molar refractivity (Wildman–Crippen MR) is 178 cm³/mol. The van der Waals surface area contributed by atoms with Gasteiger partial charge < -0.3 is 20.1 Å². The number of carbonyl (C=O) groups is 2. The molecule has 0 rings (SSSR count). The van der Waals surface area contributed by atoms with Crippen molar-refractivity contribution in [2.75, 3.05) is 26.4 Å². The molecule has 0 aromatic heterocycles. The van der Waals surface area contributed by atoms with Crippen LogP contribution in [-0.4, -0.2) is 54.3 Å². The molecule has 0 fully saturated rings. The van der Waals surface area contributed by atoms with Gasteiger partial charge in [-0.15, -0.1) is 0 Å². The number of hydrogen-bond donors (Lipinski definition) is 3. The van der Waals surface area contributed by atoms with Gasteiger partial charge in [0.2, 0.25) is 5.91 Å². The summed E-state index contributed by atoms with van der Waals surface area (Å²) in [6.45, 7) is 3.39. The van der Waals surface area contributed by atoms with Gasteiger partial charge in [0, 0.05) is 19.4 Å². The Kier molecular flexibility index (Phi) is 31.3. The quantitative estimate of drug-likeness (QED) is 0.0358. The number of hydrogen-bond acceptors (Lipinski definition) is 7. The number of nitrogens with one attached hydrogen (secondary N) is 1. The van der Waals surface area contributed by atoms with E-state index in [1.54, 1.807) is 0 Å². The molecule has 1 amide bonds. The Hall–Kier alpha value is -0.990. The molecule has 262 valence electrons. The third-order valence-corrected chi connectivity index (χ3v) is 8.77. The summed E-state index contributed by atoms with van der Waals surface area (Å²) in [6, 6.07) is 0. The summed E-state index contributed by atoms with van der Waals surface area (Å²) in [7, 11) is -4.38. The molecule has 0 saturated carbocycles. The van der Waals surface area contributed by atoms with E-state index < -0.39 is 26.5 Å². The number of rotatable bonds is 34. The van der Waals surface area contributed by atoms with Gasteiger partial charge >= 0.3 is 13.8 Å². The Bertz CT molecular complexity index is 709. The molecule has 9 nitrogen and oxygen atoms in total. The van der Waals surface area contributed by atoms with Gasteiger partial charge in [0.1, 0.15) is 12.7 Å². The maximum Gasteiger partial charge on any atom is 0.472 e. The van der Waals surface area contributed by atoms with E-state index in [-0.39, 0.29) is 32.1 Å². The van der Waals surface area contributed by atoms with Crippen LogP contribution in [0.4, 0.5) is 0 Å². The summed E-state index contributed by atoms with van der Waals surface area (Å²) < 4.78 is 26.5. The van der Waals surface area contributed by atoms with Crippen molar-refractivity contribution in [3.63, 3.8) is 0 Å². The van der Waals surface area contributed by atoms with Crippen LogP contribution < -0.4 is 5.32 Å². The lowest BCUT2D eigenvalue weighted by molar-refractivity contribution is -0.147. The van der Waals surface area contributed by atoms with E-state index >= 15 is 0 Å². The number of carbonyl (C=O) groups excluding carboxylic acids is 2. The first-order valence-electron chi connectivity index (χ1n) is 18.0. The largest absolute Gasteiger partial charge is 0.472 e.